The summed E-state index contributed by atoms with van der Waals surface area (Å²) in [7, 11) is 0. The minimum Gasteiger partial charge on any atom is -0.465 e. The molecule has 0 N–H and O–H groups in total. The first-order valence-electron chi connectivity index (χ1n) is 8.83. The van der Waals surface area contributed by atoms with Crippen LogP contribution in [0.4, 0.5) is 5.69 Å². The summed E-state index contributed by atoms with van der Waals surface area (Å²) in [6.07, 6.45) is 2.69. The monoisotopic (exact) mass is 489 g/mol. The van der Waals surface area contributed by atoms with Gasteiger partial charge < -0.3 is 9.30 Å². The Morgan fingerprint density at radius 1 is 1.30 bits per heavy atom. The predicted octanol–water partition coefficient (Wildman–Crippen LogP) is 4.08. The molecule has 2 aromatic carbocycles. The first-order valence-corrected chi connectivity index (χ1v) is 10.4. The third kappa shape index (κ3) is 5.28. The van der Waals surface area contributed by atoms with E-state index in [1.54, 1.807) is 17.6 Å². The maximum Gasteiger partial charge on any atom is 0.326 e. The smallest absolute Gasteiger partial charge is 0.326 e. The molecule has 8 nitrogen and oxygen atoms in total. The lowest BCUT2D eigenvalue weighted by molar-refractivity contribution is -0.384. The minimum absolute atomic E-state index is 0.0658. The van der Waals surface area contributed by atoms with Crippen molar-refractivity contribution in [2.24, 2.45) is 4.99 Å². The highest BCUT2D eigenvalue weighted by molar-refractivity contribution is 9.10. The van der Waals surface area contributed by atoms with Gasteiger partial charge in [0.05, 0.1) is 21.7 Å². The number of carbonyl (C=O) groups is 2. The number of nitro groups is 1. The van der Waals surface area contributed by atoms with Gasteiger partial charge in [-0.3, -0.25) is 19.7 Å². The summed E-state index contributed by atoms with van der Waals surface area (Å²) < 4.78 is 8.37. The van der Waals surface area contributed by atoms with Crippen LogP contribution < -0.4 is 4.80 Å². The Bertz CT molecular complexity index is 1230. The lowest BCUT2D eigenvalue weighted by Crippen LogP contribution is -2.22. The SMILES string of the molecule is CCOC(=O)Cn1c(=NC(=O)/C=C/c2cccc([N+](=O)[O-])c2)sc2cc(Br)ccc21. The van der Waals surface area contributed by atoms with Crippen molar-refractivity contribution in [1.82, 2.24) is 4.57 Å². The van der Waals surface area contributed by atoms with Crippen LogP contribution in [0.1, 0.15) is 12.5 Å². The Hall–Kier alpha value is -3.11. The van der Waals surface area contributed by atoms with Crippen LogP contribution in [0.3, 0.4) is 0 Å². The number of nitro benzene ring substituents is 1. The molecule has 3 rings (SSSR count). The molecule has 154 valence electrons. The van der Waals surface area contributed by atoms with Crippen LogP contribution in [-0.4, -0.2) is 28.0 Å². The number of carbonyl (C=O) groups excluding carboxylic acids is 2. The van der Waals surface area contributed by atoms with E-state index in [0.717, 1.165) is 14.7 Å². The largest absolute Gasteiger partial charge is 0.465 e. The van der Waals surface area contributed by atoms with E-state index in [-0.39, 0.29) is 18.8 Å². The van der Waals surface area contributed by atoms with Gasteiger partial charge in [0, 0.05) is 22.7 Å². The Morgan fingerprint density at radius 2 is 2.10 bits per heavy atom. The first kappa shape index (κ1) is 21.6. The van der Waals surface area contributed by atoms with Gasteiger partial charge in [-0.1, -0.05) is 39.4 Å². The Labute approximate surface area is 183 Å². The van der Waals surface area contributed by atoms with E-state index >= 15 is 0 Å². The summed E-state index contributed by atoms with van der Waals surface area (Å²) in [5.74, 6) is -0.981. The van der Waals surface area contributed by atoms with Crippen LogP contribution in [0.5, 0.6) is 0 Å². The number of thiazole rings is 1. The highest BCUT2D eigenvalue weighted by atomic mass is 79.9. The van der Waals surface area contributed by atoms with E-state index in [9.17, 15) is 19.7 Å². The lowest BCUT2D eigenvalue weighted by Gasteiger charge is -2.04. The highest BCUT2D eigenvalue weighted by Gasteiger charge is 2.12. The molecule has 0 atom stereocenters. The van der Waals surface area contributed by atoms with Crippen molar-refractivity contribution in [3.05, 3.63) is 73.5 Å². The van der Waals surface area contributed by atoms with Gasteiger partial charge in [-0.25, -0.2) is 0 Å². The van der Waals surface area contributed by atoms with Crippen molar-refractivity contribution in [2.75, 3.05) is 6.61 Å². The van der Waals surface area contributed by atoms with Crippen LogP contribution in [0.2, 0.25) is 0 Å². The first-order chi connectivity index (χ1) is 14.4. The second-order valence-corrected chi connectivity index (χ2v) is 7.95. The second-order valence-electron chi connectivity index (χ2n) is 6.02. The molecule has 0 aliphatic rings. The molecule has 1 aromatic heterocycles. The van der Waals surface area contributed by atoms with Crippen LogP contribution in [0.15, 0.2) is 58.0 Å². The zero-order chi connectivity index (χ0) is 21.7. The van der Waals surface area contributed by atoms with Gasteiger partial charge in [0.2, 0.25) is 0 Å². The zero-order valence-electron chi connectivity index (χ0n) is 15.8. The van der Waals surface area contributed by atoms with Gasteiger partial charge in [0.25, 0.3) is 11.6 Å². The van der Waals surface area contributed by atoms with Crippen molar-refractivity contribution in [3.8, 4) is 0 Å². The topological polar surface area (TPSA) is 104 Å². The molecule has 10 heteroatoms. The number of esters is 1. The number of fused-ring (bicyclic) bond motifs is 1. The normalized spacial score (nSPS) is 11.9. The number of hydrogen-bond acceptors (Lipinski definition) is 6. The fourth-order valence-electron chi connectivity index (χ4n) is 2.66. The Kier molecular flexibility index (Phi) is 6.91. The number of halogens is 1. The molecule has 1 amide bonds. The number of amides is 1. The molecule has 0 unspecified atom stereocenters. The van der Waals surface area contributed by atoms with Gasteiger partial charge in [0.1, 0.15) is 6.54 Å². The molecular weight excluding hydrogens is 474 g/mol. The van der Waals surface area contributed by atoms with Gasteiger partial charge >= 0.3 is 5.97 Å². The number of benzene rings is 2. The highest BCUT2D eigenvalue weighted by Crippen LogP contribution is 2.22. The van der Waals surface area contributed by atoms with Crippen molar-refractivity contribution in [1.29, 1.82) is 0 Å². The fourth-order valence-corrected chi connectivity index (χ4v) is 4.25. The van der Waals surface area contributed by atoms with Gasteiger partial charge in [-0.05, 0) is 36.8 Å². The summed E-state index contributed by atoms with van der Waals surface area (Å²) >= 11 is 4.68. The molecule has 3 aromatic rings. The summed E-state index contributed by atoms with van der Waals surface area (Å²) in [5.41, 5.74) is 1.20. The third-order valence-corrected chi connectivity index (χ3v) is 5.48. The number of non-ortho nitro benzene ring substituents is 1. The molecule has 30 heavy (non-hydrogen) atoms. The predicted molar refractivity (Wildman–Crippen MR) is 117 cm³/mol. The summed E-state index contributed by atoms with van der Waals surface area (Å²) in [4.78, 5) is 39.2. The molecule has 0 saturated heterocycles. The number of nitrogens with zero attached hydrogens (tertiary/aromatic N) is 3. The molecule has 0 spiro atoms. The molecule has 0 aliphatic heterocycles. The molecule has 0 radical (unpaired) electrons. The Balaban J connectivity index is 1.95. The average Bonchev–Trinajstić information content (AvgIpc) is 3.02. The standard InChI is InChI=1S/C20H16BrN3O5S/c1-2-29-19(26)12-23-16-8-7-14(21)11-17(16)30-20(23)22-18(25)9-6-13-4-3-5-15(10-13)24(27)28/h3-11H,2,12H2,1H3/b9-6+,22-20?. The number of rotatable bonds is 6. The summed E-state index contributed by atoms with van der Waals surface area (Å²) in [6, 6.07) is 11.5. The molecule has 0 bridgehead atoms. The van der Waals surface area contributed by atoms with E-state index in [1.807, 2.05) is 18.2 Å². The molecule has 0 aliphatic carbocycles. The number of ether oxygens (including phenoxy) is 1. The lowest BCUT2D eigenvalue weighted by atomic mass is 10.2. The fraction of sp³-hybridized carbons (Fsp3) is 0.150. The maximum atomic E-state index is 12.4. The minimum atomic E-state index is -0.551. The van der Waals surface area contributed by atoms with Crippen LogP contribution in [0, 0.1) is 10.1 Å². The van der Waals surface area contributed by atoms with E-state index in [0.29, 0.717) is 10.4 Å². The van der Waals surface area contributed by atoms with Crippen LogP contribution in [0.25, 0.3) is 16.3 Å². The van der Waals surface area contributed by atoms with Crippen LogP contribution >= 0.6 is 27.3 Å². The average molecular weight is 490 g/mol. The van der Waals surface area contributed by atoms with Gasteiger partial charge in [0.15, 0.2) is 4.80 Å². The molecule has 0 saturated carbocycles. The van der Waals surface area contributed by atoms with Crippen LogP contribution in [-0.2, 0) is 20.9 Å². The van der Waals surface area contributed by atoms with Crippen molar-refractivity contribution >= 4 is 61.1 Å². The van der Waals surface area contributed by atoms with E-state index in [4.69, 9.17) is 4.74 Å². The van der Waals surface area contributed by atoms with Crippen molar-refractivity contribution in [3.63, 3.8) is 0 Å². The number of hydrogen-bond donors (Lipinski definition) is 0. The van der Waals surface area contributed by atoms with E-state index < -0.39 is 16.8 Å². The number of aromatic nitrogens is 1. The Morgan fingerprint density at radius 3 is 2.83 bits per heavy atom. The molecule has 0 fully saturated rings. The quantitative estimate of drug-likeness (QED) is 0.224. The maximum absolute atomic E-state index is 12.4. The third-order valence-electron chi connectivity index (χ3n) is 3.94. The van der Waals surface area contributed by atoms with Crippen molar-refractivity contribution in [2.45, 2.75) is 13.5 Å². The van der Waals surface area contributed by atoms with E-state index in [1.165, 1.54) is 41.7 Å². The van der Waals surface area contributed by atoms with E-state index in [2.05, 4.69) is 20.9 Å². The zero-order valence-corrected chi connectivity index (χ0v) is 18.2. The van der Waals surface area contributed by atoms with Gasteiger partial charge in [-0.2, -0.15) is 4.99 Å². The molecular formula is C20H16BrN3O5S. The second kappa shape index (κ2) is 9.59. The molecule has 1 heterocycles. The summed E-state index contributed by atoms with van der Waals surface area (Å²) in [6.45, 7) is 1.90. The van der Waals surface area contributed by atoms with Gasteiger partial charge in [-0.15, -0.1) is 0 Å². The summed E-state index contributed by atoms with van der Waals surface area (Å²) in [5, 5.41) is 10.9. The van der Waals surface area contributed by atoms with Crippen molar-refractivity contribution < 1.29 is 19.2 Å².